The summed E-state index contributed by atoms with van der Waals surface area (Å²) in [6, 6.07) is 0. The number of rotatable bonds is 2. The second kappa shape index (κ2) is 5.37. The zero-order chi connectivity index (χ0) is 13.9. The fourth-order valence-electron chi connectivity index (χ4n) is 2.74. The first-order valence-corrected chi connectivity index (χ1v) is 6.71. The van der Waals surface area contributed by atoms with Crippen LogP contribution in [0.1, 0.15) is 39.5 Å². The predicted molar refractivity (Wildman–Crippen MR) is 76.2 cm³/mol. The number of carbonyl (C=O) groups is 1. The van der Waals surface area contributed by atoms with Gasteiger partial charge in [0.25, 0.3) is 5.91 Å². The number of nitrogens with one attached hydrogen (secondary N) is 1. The quantitative estimate of drug-likeness (QED) is 0.595. The van der Waals surface area contributed by atoms with E-state index in [1.165, 1.54) is 0 Å². The Balaban J connectivity index is 2.09. The molecule has 1 saturated carbocycles. The van der Waals surface area contributed by atoms with Gasteiger partial charge in [-0.1, -0.05) is 11.5 Å². The predicted octanol–water partition coefficient (Wildman–Crippen LogP) is 2.88. The van der Waals surface area contributed by atoms with Crippen molar-refractivity contribution in [3.63, 3.8) is 0 Å². The molecule has 1 N–H and O–H groups in total. The van der Waals surface area contributed by atoms with E-state index < -0.39 is 0 Å². The van der Waals surface area contributed by atoms with Crippen LogP contribution in [-0.2, 0) is 4.79 Å². The molecule has 0 saturated heterocycles. The normalized spacial score (nSPS) is 29.2. The molecule has 2 heteroatoms. The largest absolute Gasteiger partial charge is 0.346 e. The third kappa shape index (κ3) is 3.30. The van der Waals surface area contributed by atoms with Gasteiger partial charge < -0.3 is 5.32 Å². The fourth-order valence-corrected chi connectivity index (χ4v) is 2.74. The number of allylic oxidation sites excluding steroid dienone is 2. The van der Waals surface area contributed by atoms with Crippen molar-refractivity contribution >= 4 is 5.91 Å². The van der Waals surface area contributed by atoms with Crippen LogP contribution >= 0.6 is 0 Å². The maximum Gasteiger partial charge on any atom is 0.260 e. The molecule has 2 atom stereocenters. The monoisotopic (exact) mass is 253 g/mol. The maximum atomic E-state index is 12.3. The van der Waals surface area contributed by atoms with Crippen molar-refractivity contribution in [2.45, 2.75) is 45.1 Å². The van der Waals surface area contributed by atoms with E-state index in [-0.39, 0.29) is 17.4 Å². The minimum Gasteiger partial charge on any atom is -0.346 e. The van der Waals surface area contributed by atoms with Crippen molar-refractivity contribution in [3.8, 4) is 12.3 Å². The van der Waals surface area contributed by atoms with Crippen LogP contribution in [-0.4, -0.2) is 11.4 Å². The van der Waals surface area contributed by atoms with Crippen LogP contribution in [0.2, 0.25) is 0 Å². The summed E-state index contributed by atoms with van der Waals surface area (Å²) in [6.45, 7) is 4.02. The van der Waals surface area contributed by atoms with E-state index in [1.54, 1.807) is 0 Å². The van der Waals surface area contributed by atoms with Gasteiger partial charge in [0, 0.05) is 11.5 Å². The van der Waals surface area contributed by atoms with Gasteiger partial charge in [-0.3, -0.25) is 4.79 Å². The van der Waals surface area contributed by atoms with E-state index in [2.05, 4.69) is 29.6 Å². The number of hydrogen-bond donors (Lipinski definition) is 1. The van der Waals surface area contributed by atoms with E-state index in [4.69, 9.17) is 6.42 Å². The molecule has 2 nitrogen and oxygen atoms in total. The third-order valence-electron chi connectivity index (χ3n) is 3.75. The lowest BCUT2D eigenvalue weighted by molar-refractivity contribution is -0.119. The summed E-state index contributed by atoms with van der Waals surface area (Å²) in [5.41, 5.74) is 7.08. The van der Waals surface area contributed by atoms with Gasteiger partial charge in [-0.25, -0.2) is 0 Å². The summed E-state index contributed by atoms with van der Waals surface area (Å²) in [6.07, 6.45) is 13.1. The lowest BCUT2D eigenvalue weighted by Crippen LogP contribution is -2.49. The Morgan fingerprint density at radius 2 is 2.42 bits per heavy atom. The molecule has 19 heavy (non-hydrogen) atoms. The van der Waals surface area contributed by atoms with Crippen LogP contribution in [0.5, 0.6) is 0 Å². The van der Waals surface area contributed by atoms with Gasteiger partial charge in [-0.05, 0) is 57.3 Å². The standard InChI is InChI=1S/C17H19NO/c1-4-14-8-6-10-17(3,12-14)18-16(19)15-9-5-7-13(2)11-15/h1,7,11,14H,6,8,10,12H2,2-3H3,(H,18,19). The van der Waals surface area contributed by atoms with Crippen LogP contribution in [0.3, 0.4) is 0 Å². The molecule has 0 radical (unpaired) electrons. The van der Waals surface area contributed by atoms with Crippen LogP contribution in [0.25, 0.3) is 0 Å². The molecule has 0 aromatic heterocycles. The Morgan fingerprint density at radius 1 is 1.63 bits per heavy atom. The molecule has 98 valence electrons. The van der Waals surface area contributed by atoms with Gasteiger partial charge in [0.1, 0.15) is 0 Å². The Hall–Kier alpha value is -1.93. The average Bonchev–Trinajstić information content (AvgIpc) is 2.38. The number of hydrogen-bond acceptors (Lipinski definition) is 1. The minimum atomic E-state index is -0.204. The summed E-state index contributed by atoms with van der Waals surface area (Å²) in [4.78, 5) is 12.3. The van der Waals surface area contributed by atoms with E-state index in [0.29, 0.717) is 5.57 Å². The molecule has 2 unspecified atom stereocenters. The zero-order valence-electron chi connectivity index (χ0n) is 11.5. The Kier molecular flexibility index (Phi) is 3.82. The highest BCUT2D eigenvalue weighted by atomic mass is 16.1. The molecule has 0 bridgehead atoms. The maximum absolute atomic E-state index is 12.3. The van der Waals surface area contributed by atoms with E-state index in [1.807, 2.05) is 19.1 Å². The summed E-state index contributed by atoms with van der Waals surface area (Å²) >= 11 is 0. The van der Waals surface area contributed by atoms with E-state index in [9.17, 15) is 4.79 Å². The lowest BCUT2D eigenvalue weighted by Gasteiger charge is -2.37. The van der Waals surface area contributed by atoms with Gasteiger partial charge in [0.2, 0.25) is 0 Å². The van der Waals surface area contributed by atoms with Gasteiger partial charge >= 0.3 is 0 Å². The number of carbonyl (C=O) groups excluding carboxylic acids is 1. The van der Waals surface area contributed by atoms with Gasteiger partial charge in [-0.15, -0.1) is 12.3 Å². The first kappa shape index (κ1) is 13.5. The van der Waals surface area contributed by atoms with Crippen molar-refractivity contribution in [3.05, 3.63) is 34.8 Å². The molecule has 2 aliphatic rings. The second-order valence-electron chi connectivity index (χ2n) is 5.69. The van der Waals surface area contributed by atoms with Crippen molar-refractivity contribution in [2.24, 2.45) is 5.92 Å². The smallest absolute Gasteiger partial charge is 0.260 e. The first-order chi connectivity index (χ1) is 9.02. The van der Waals surface area contributed by atoms with Crippen LogP contribution < -0.4 is 5.32 Å². The second-order valence-corrected chi connectivity index (χ2v) is 5.69. The molecule has 0 spiro atoms. The highest BCUT2D eigenvalue weighted by Crippen LogP contribution is 2.32. The Bertz CT molecular complexity index is 563. The molecule has 0 aromatic carbocycles. The number of amides is 1. The van der Waals surface area contributed by atoms with E-state index >= 15 is 0 Å². The Labute approximate surface area is 115 Å². The third-order valence-corrected chi connectivity index (χ3v) is 3.75. The highest BCUT2D eigenvalue weighted by Gasteiger charge is 2.33. The SMILES string of the molecule is C#CC1CCCC(C)(NC(=O)C2=C=C=CC(C)=C2)C1. The summed E-state index contributed by atoms with van der Waals surface area (Å²) in [7, 11) is 0. The molecule has 1 amide bonds. The fraction of sp³-hybridized carbons (Fsp3) is 0.471. The van der Waals surface area contributed by atoms with Crippen molar-refractivity contribution in [2.75, 3.05) is 0 Å². The molecule has 2 rings (SSSR count). The number of terminal acetylenes is 1. The summed E-state index contributed by atoms with van der Waals surface area (Å²) in [5, 5.41) is 3.12. The van der Waals surface area contributed by atoms with Crippen LogP contribution in [0.4, 0.5) is 0 Å². The molecule has 0 aromatic rings. The molecular weight excluding hydrogens is 234 g/mol. The minimum absolute atomic E-state index is 0.0832. The van der Waals surface area contributed by atoms with Gasteiger partial charge in [-0.2, -0.15) is 0 Å². The average molecular weight is 253 g/mol. The van der Waals surface area contributed by atoms with Gasteiger partial charge in [0.15, 0.2) is 0 Å². The molecular formula is C17H19NO. The van der Waals surface area contributed by atoms with Crippen molar-refractivity contribution in [1.82, 2.24) is 5.32 Å². The zero-order valence-corrected chi connectivity index (χ0v) is 11.5. The van der Waals surface area contributed by atoms with Crippen molar-refractivity contribution in [1.29, 1.82) is 0 Å². The molecule has 0 heterocycles. The molecule has 0 aliphatic heterocycles. The summed E-state index contributed by atoms with van der Waals surface area (Å²) < 4.78 is 0. The van der Waals surface area contributed by atoms with Crippen LogP contribution in [0.15, 0.2) is 34.8 Å². The van der Waals surface area contributed by atoms with Crippen molar-refractivity contribution < 1.29 is 4.79 Å². The molecule has 2 aliphatic carbocycles. The van der Waals surface area contributed by atoms with Gasteiger partial charge in [0.05, 0.1) is 5.57 Å². The first-order valence-electron chi connectivity index (χ1n) is 6.71. The topological polar surface area (TPSA) is 29.1 Å². The molecule has 1 fully saturated rings. The summed E-state index contributed by atoms with van der Waals surface area (Å²) in [5.74, 6) is 3.00. The van der Waals surface area contributed by atoms with E-state index in [0.717, 1.165) is 31.3 Å². The highest BCUT2D eigenvalue weighted by molar-refractivity contribution is 5.96. The lowest BCUT2D eigenvalue weighted by atomic mass is 9.77. The Morgan fingerprint density at radius 3 is 3.11 bits per heavy atom. The van der Waals surface area contributed by atoms with Crippen LogP contribution in [0, 0.1) is 18.3 Å².